The van der Waals surface area contributed by atoms with E-state index in [2.05, 4.69) is 5.32 Å². The molecule has 0 saturated heterocycles. The van der Waals surface area contributed by atoms with E-state index in [1.807, 2.05) is 31.2 Å². The summed E-state index contributed by atoms with van der Waals surface area (Å²) in [5.74, 6) is 0.887. The lowest BCUT2D eigenvalue weighted by Gasteiger charge is -2.29. The highest BCUT2D eigenvalue weighted by molar-refractivity contribution is 6.31. The molecular weight excluding hydrogens is 393 g/mol. The number of fused-ring (bicyclic) bond motifs is 1. The van der Waals surface area contributed by atoms with E-state index in [4.69, 9.17) is 22.3 Å². The smallest absolute Gasteiger partial charge is 0.252 e. The molecule has 1 heterocycles. The molecule has 2 aromatic rings. The van der Waals surface area contributed by atoms with Crippen LogP contribution in [0.3, 0.4) is 0 Å². The molecule has 2 aliphatic carbocycles. The van der Waals surface area contributed by atoms with Crippen LogP contribution < -0.4 is 11.1 Å². The fraction of sp³-hybridized carbons (Fsp3) is 0.474. The molecule has 2 fully saturated rings. The molecule has 7 heteroatoms. The summed E-state index contributed by atoms with van der Waals surface area (Å²) in [6.07, 6.45) is 4.56. The predicted molar refractivity (Wildman–Crippen MR) is 111 cm³/mol. The molecule has 1 unspecified atom stereocenters. The van der Waals surface area contributed by atoms with Gasteiger partial charge in [0, 0.05) is 28.6 Å². The molecule has 4 nitrogen and oxygen atoms in total. The Morgan fingerprint density at radius 3 is 2.54 bits per heavy atom. The topological polar surface area (TPSA) is 68.0 Å². The Morgan fingerprint density at radius 1 is 1.27 bits per heavy atom. The fourth-order valence-corrected chi connectivity index (χ4v) is 3.53. The molecule has 1 aromatic carbocycles. The van der Waals surface area contributed by atoms with Crippen LogP contribution in [0.25, 0.3) is 10.9 Å². The lowest BCUT2D eigenvalue weighted by molar-refractivity contribution is 0.0899. The molecule has 1 amide bonds. The van der Waals surface area contributed by atoms with Crippen LogP contribution in [-0.4, -0.2) is 23.0 Å². The predicted octanol–water partition coefficient (Wildman–Crippen LogP) is 4.47. The summed E-state index contributed by atoms with van der Waals surface area (Å²) in [7, 11) is 0. The highest BCUT2D eigenvalue weighted by atomic mass is 35.5. The van der Waals surface area contributed by atoms with Crippen molar-refractivity contribution in [2.45, 2.75) is 44.1 Å². The van der Waals surface area contributed by atoms with Gasteiger partial charge in [-0.2, -0.15) is 0 Å². The van der Waals surface area contributed by atoms with Gasteiger partial charge in [0.1, 0.15) is 0 Å². The number of hydrogen-bond acceptors (Lipinski definition) is 3. The van der Waals surface area contributed by atoms with Gasteiger partial charge >= 0.3 is 0 Å². The maximum Gasteiger partial charge on any atom is 0.252 e. The lowest BCUT2D eigenvalue weighted by Crippen LogP contribution is -2.53. The Kier molecular flexibility index (Phi) is 6.44. The zero-order valence-corrected chi connectivity index (χ0v) is 17.0. The molecule has 4 rings (SSSR count). The van der Waals surface area contributed by atoms with E-state index >= 15 is 0 Å². The minimum atomic E-state index is -0.342. The maximum atomic E-state index is 13.0. The molecule has 3 N–H and O–H groups in total. The summed E-state index contributed by atoms with van der Waals surface area (Å²) in [5, 5.41) is 4.60. The third kappa shape index (κ3) is 4.09. The number of halogens is 3. The van der Waals surface area contributed by atoms with Crippen LogP contribution in [0.2, 0.25) is 5.02 Å². The van der Waals surface area contributed by atoms with Crippen molar-refractivity contribution in [1.82, 2.24) is 10.3 Å². The van der Waals surface area contributed by atoms with Crippen molar-refractivity contribution >= 4 is 53.2 Å². The van der Waals surface area contributed by atoms with Crippen LogP contribution >= 0.6 is 36.4 Å². The van der Waals surface area contributed by atoms with Gasteiger partial charge in [-0.15, -0.1) is 24.8 Å². The minimum Gasteiger partial charge on any atom is -0.345 e. The number of nitrogens with zero attached hydrogens (tertiary/aromatic N) is 1. The molecule has 2 saturated carbocycles. The number of benzene rings is 1. The quantitative estimate of drug-likeness (QED) is 0.756. The molecule has 0 bridgehead atoms. The first-order valence-electron chi connectivity index (χ1n) is 8.63. The van der Waals surface area contributed by atoms with Crippen molar-refractivity contribution < 1.29 is 4.79 Å². The van der Waals surface area contributed by atoms with Gasteiger partial charge in [0.05, 0.1) is 16.6 Å². The zero-order chi connectivity index (χ0) is 16.9. The van der Waals surface area contributed by atoms with Gasteiger partial charge in [0.25, 0.3) is 5.91 Å². The monoisotopic (exact) mass is 415 g/mol. The van der Waals surface area contributed by atoms with Crippen LogP contribution in [0, 0.1) is 5.92 Å². The first kappa shape index (κ1) is 21.2. The Labute approximate surface area is 171 Å². The van der Waals surface area contributed by atoms with E-state index in [9.17, 15) is 4.79 Å². The number of rotatable bonds is 5. The van der Waals surface area contributed by atoms with Gasteiger partial charge in [-0.25, -0.2) is 0 Å². The minimum absolute atomic E-state index is 0. The van der Waals surface area contributed by atoms with Gasteiger partial charge in [-0.05, 0) is 62.8 Å². The number of hydrogen-bond donors (Lipinski definition) is 2. The molecular formula is C19H24Cl3N3O. The van der Waals surface area contributed by atoms with Crippen LogP contribution in [0.15, 0.2) is 24.3 Å². The molecule has 0 spiro atoms. The molecule has 1 aromatic heterocycles. The van der Waals surface area contributed by atoms with Gasteiger partial charge in [0.15, 0.2) is 0 Å². The second-order valence-corrected chi connectivity index (χ2v) is 7.82. The Morgan fingerprint density at radius 2 is 1.96 bits per heavy atom. The summed E-state index contributed by atoms with van der Waals surface area (Å²) < 4.78 is 0. The van der Waals surface area contributed by atoms with E-state index in [0.29, 0.717) is 29.0 Å². The summed E-state index contributed by atoms with van der Waals surface area (Å²) in [6.45, 7) is 2.49. The van der Waals surface area contributed by atoms with Crippen molar-refractivity contribution in [3.8, 4) is 0 Å². The Balaban J connectivity index is 0.00000121. The van der Waals surface area contributed by atoms with Gasteiger partial charge in [0.2, 0.25) is 0 Å². The average molecular weight is 417 g/mol. The molecule has 0 aliphatic heterocycles. The number of aromatic nitrogens is 1. The largest absolute Gasteiger partial charge is 0.345 e. The first-order valence-corrected chi connectivity index (χ1v) is 9.01. The standard InChI is InChI=1S/C19H22ClN3O.2ClH/c1-19(10-21,12-4-5-12)23-18(24)15-9-17(11-2-3-11)22-16-7-6-13(20)8-14(15)16;;/h6-9,11-12H,2-5,10,21H2,1H3,(H,23,24);2*1H. The summed E-state index contributed by atoms with van der Waals surface area (Å²) in [5.41, 5.74) is 8.10. The summed E-state index contributed by atoms with van der Waals surface area (Å²) in [4.78, 5) is 17.8. The summed E-state index contributed by atoms with van der Waals surface area (Å²) in [6, 6.07) is 7.48. The van der Waals surface area contributed by atoms with Crippen molar-refractivity contribution in [1.29, 1.82) is 0 Å². The van der Waals surface area contributed by atoms with E-state index in [-0.39, 0.29) is 36.3 Å². The maximum absolute atomic E-state index is 13.0. The summed E-state index contributed by atoms with van der Waals surface area (Å²) >= 11 is 6.15. The number of carbonyl (C=O) groups is 1. The van der Waals surface area contributed by atoms with E-state index in [1.165, 1.54) is 0 Å². The second-order valence-electron chi connectivity index (χ2n) is 7.38. The highest BCUT2D eigenvalue weighted by Crippen LogP contribution is 2.41. The van der Waals surface area contributed by atoms with E-state index in [1.54, 1.807) is 0 Å². The number of carbonyl (C=O) groups excluding carboxylic acids is 1. The van der Waals surface area contributed by atoms with E-state index < -0.39 is 0 Å². The van der Waals surface area contributed by atoms with Crippen molar-refractivity contribution in [3.63, 3.8) is 0 Å². The number of amides is 1. The third-order valence-corrected chi connectivity index (χ3v) is 5.57. The average Bonchev–Trinajstić information content (AvgIpc) is 3.45. The van der Waals surface area contributed by atoms with E-state index in [0.717, 1.165) is 42.3 Å². The van der Waals surface area contributed by atoms with Gasteiger partial charge < -0.3 is 11.1 Å². The SMILES string of the molecule is CC(CN)(NC(=O)c1cc(C2CC2)nc2ccc(Cl)cc12)C1CC1.Cl.Cl. The lowest BCUT2D eigenvalue weighted by atomic mass is 9.95. The molecule has 0 radical (unpaired) electrons. The molecule has 26 heavy (non-hydrogen) atoms. The van der Waals surface area contributed by atoms with Crippen LogP contribution in [0.5, 0.6) is 0 Å². The molecule has 1 atom stereocenters. The first-order chi connectivity index (χ1) is 11.5. The van der Waals surface area contributed by atoms with Gasteiger partial charge in [-0.1, -0.05) is 11.6 Å². The Bertz CT molecular complexity index is 821. The number of nitrogens with two attached hydrogens (primary N) is 1. The van der Waals surface area contributed by atoms with Crippen LogP contribution in [-0.2, 0) is 0 Å². The normalized spacial score (nSPS) is 18.4. The fourth-order valence-electron chi connectivity index (χ4n) is 3.36. The van der Waals surface area contributed by atoms with Crippen LogP contribution in [0.4, 0.5) is 0 Å². The molecule has 142 valence electrons. The third-order valence-electron chi connectivity index (χ3n) is 5.33. The number of pyridine rings is 1. The van der Waals surface area contributed by atoms with Crippen LogP contribution in [0.1, 0.15) is 54.6 Å². The van der Waals surface area contributed by atoms with Gasteiger partial charge in [-0.3, -0.25) is 9.78 Å². The second kappa shape index (κ2) is 7.89. The Hall–Kier alpha value is -1.07. The van der Waals surface area contributed by atoms with Crippen molar-refractivity contribution in [2.75, 3.05) is 6.54 Å². The van der Waals surface area contributed by atoms with Crippen molar-refractivity contribution in [2.24, 2.45) is 11.7 Å². The highest BCUT2D eigenvalue weighted by Gasteiger charge is 2.42. The zero-order valence-electron chi connectivity index (χ0n) is 14.6. The number of nitrogens with one attached hydrogen (secondary N) is 1. The van der Waals surface area contributed by atoms with Crippen molar-refractivity contribution in [3.05, 3.63) is 40.5 Å². The molecule has 2 aliphatic rings.